The van der Waals surface area contributed by atoms with Gasteiger partial charge in [-0.05, 0) is 30.3 Å². The number of hydrogen-bond donors (Lipinski definition) is 2. The third-order valence-electron chi connectivity index (χ3n) is 2.36. The molecule has 1 heterocycles. The third kappa shape index (κ3) is 3.55. The van der Waals surface area contributed by atoms with Gasteiger partial charge in [-0.15, -0.1) is 0 Å². The molecule has 0 saturated carbocycles. The van der Waals surface area contributed by atoms with Crippen molar-refractivity contribution in [1.82, 2.24) is 4.98 Å². The number of rotatable bonds is 3. The summed E-state index contributed by atoms with van der Waals surface area (Å²) < 4.78 is 0.548. The second-order valence-corrected chi connectivity index (χ2v) is 5.20. The molecule has 0 atom stereocenters. The first kappa shape index (κ1) is 14.5. The normalized spacial score (nSPS) is 10.1. The summed E-state index contributed by atoms with van der Waals surface area (Å²) in [5.74, 6) is -1.55. The largest absolute Gasteiger partial charge is 0.478 e. The Balaban J connectivity index is 2.26. The van der Waals surface area contributed by atoms with Crippen LogP contribution in [0.2, 0.25) is 5.02 Å². The van der Waals surface area contributed by atoms with Gasteiger partial charge in [0.1, 0.15) is 5.69 Å². The highest BCUT2D eigenvalue weighted by molar-refractivity contribution is 9.10. The van der Waals surface area contributed by atoms with Crippen molar-refractivity contribution in [3.05, 3.63) is 57.3 Å². The Kier molecular flexibility index (Phi) is 4.36. The molecule has 2 aromatic rings. The van der Waals surface area contributed by atoms with E-state index in [1.54, 1.807) is 12.1 Å². The second-order valence-electron chi connectivity index (χ2n) is 3.85. The highest BCUT2D eigenvalue weighted by Crippen LogP contribution is 2.20. The van der Waals surface area contributed by atoms with E-state index >= 15 is 0 Å². The van der Waals surface area contributed by atoms with Crippen molar-refractivity contribution in [2.45, 2.75) is 0 Å². The average molecular weight is 356 g/mol. The van der Waals surface area contributed by atoms with Crippen LogP contribution in [0.3, 0.4) is 0 Å². The van der Waals surface area contributed by atoms with E-state index in [1.165, 1.54) is 24.4 Å². The van der Waals surface area contributed by atoms with E-state index in [2.05, 4.69) is 26.2 Å². The number of aromatic carboxylic acids is 1. The smallest absolute Gasteiger partial charge is 0.335 e. The molecule has 1 aromatic heterocycles. The quantitative estimate of drug-likeness (QED) is 0.884. The third-order valence-corrected chi connectivity index (χ3v) is 3.05. The van der Waals surface area contributed by atoms with Gasteiger partial charge in [0.05, 0.1) is 5.56 Å². The first-order valence-electron chi connectivity index (χ1n) is 5.42. The number of nitrogens with zero attached hydrogens (tertiary/aromatic N) is 1. The van der Waals surface area contributed by atoms with Crippen LogP contribution in [0, 0.1) is 0 Å². The Labute approximate surface area is 127 Å². The van der Waals surface area contributed by atoms with Crippen molar-refractivity contribution < 1.29 is 14.7 Å². The van der Waals surface area contributed by atoms with E-state index in [-0.39, 0.29) is 11.3 Å². The molecule has 5 nitrogen and oxygen atoms in total. The predicted octanol–water partition coefficient (Wildman–Crippen LogP) is 3.45. The number of amides is 1. The molecule has 0 aliphatic carbocycles. The number of hydrogen-bond acceptors (Lipinski definition) is 3. The summed E-state index contributed by atoms with van der Waals surface area (Å²) in [6.07, 6.45) is 1.42. The van der Waals surface area contributed by atoms with Crippen LogP contribution in [0.15, 0.2) is 41.0 Å². The van der Waals surface area contributed by atoms with Gasteiger partial charge >= 0.3 is 5.97 Å². The zero-order valence-corrected chi connectivity index (χ0v) is 12.3. The van der Waals surface area contributed by atoms with Gasteiger partial charge in [-0.3, -0.25) is 9.78 Å². The van der Waals surface area contributed by atoms with Crippen LogP contribution in [-0.4, -0.2) is 22.0 Å². The van der Waals surface area contributed by atoms with Gasteiger partial charge in [-0.2, -0.15) is 0 Å². The van der Waals surface area contributed by atoms with Crippen molar-refractivity contribution in [2.75, 3.05) is 5.32 Å². The van der Waals surface area contributed by atoms with Gasteiger partial charge < -0.3 is 10.4 Å². The molecule has 1 amide bonds. The molecule has 0 fully saturated rings. The van der Waals surface area contributed by atoms with E-state index in [0.29, 0.717) is 15.2 Å². The molecule has 0 bridgehead atoms. The number of carbonyl (C=O) groups is 2. The summed E-state index contributed by atoms with van der Waals surface area (Å²) in [5, 5.41) is 11.9. The van der Waals surface area contributed by atoms with Crippen molar-refractivity contribution in [1.29, 1.82) is 0 Å². The van der Waals surface area contributed by atoms with E-state index < -0.39 is 11.9 Å². The molecule has 2 rings (SSSR count). The van der Waals surface area contributed by atoms with E-state index in [9.17, 15) is 9.59 Å². The van der Waals surface area contributed by atoms with Crippen LogP contribution >= 0.6 is 27.5 Å². The van der Waals surface area contributed by atoms with Crippen LogP contribution in [0.4, 0.5) is 5.69 Å². The summed E-state index contributed by atoms with van der Waals surface area (Å²) in [6, 6.07) is 7.37. The Morgan fingerprint density at radius 3 is 2.65 bits per heavy atom. The average Bonchev–Trinajstić information content (AvgIpc) is 2.37. The van der Waals surface area contributed by atoms with Crippen LogP contribution in [0.25, 0.3) is 0 Å². The first-order valence-corrected chi connectivity index (χ1v) is 6.59. The minimum absolute atomic E-state index is 0.0636. The molecule has 20 heavy (non-hydrogen) atoms. The van der Waals surface area contributed by atoms with Gasteiger partial charge in [0.2, 0.25) is 0 Å². The molecule has 1 aromatic carbocycles. The Bertz CT molecular complexity index is 691. The monoisotopic (exact) mass is 354 g/mol. The van der Waals surface area contributed by atoms with Crippen LogP contribution in [0.5, 0.6) is 0 Å². The lowest BCUT2D eigenvalue weighted by atomic mass is 10.2. The molecule has 0 unspecified atom stereocenters. The molecule has 0 spiro atoms. The first-order chi connectivity index (χ1) is 9.45. The highest BCUT2D eigenvalue weighted by atomic mass is 79.9. The predicted molar refractivity (Wildman–Crippen MR) is 78.3 cm³/mol. The minimum atomic E-state index is -1.08. The van der Waals surface area contributed by atoms with Gasteiger partial charge in [0.25, 0.3) is 5.91 Å². The fraction of sp³-hybridized carbons (Fsp3) is 0. The Morgan fingerprint density at radius 2 is 2.00 bits per heavy atom. The molecule has 7 heteroatoms. The molecule has 102 valence electrons. The number of anilines is 1. The maximum Gasteiger partial charge on any atom is 0.335 e. The lowest BCUT2D eigenvalue weighted by molar-refractivity contribution is 0.0696. The number of nitrogens with one attached hydrogen (secondary N) is 1. The molecule has 2 N–H and O–H groups in total. The van der Waals surface area contributed by atoms with Gasteiger partial charge in [-0.1, -0.05) is 27.5 Å². The summed E-state index contributed by atoms with van der Waals surface area (Å²) >= 11 is 8.97. The minimum Gasteiger partial charge on any atom is -0.478 e. The van der Waals surface area contributed by atoms with Crippen molar-refractivity contribution in [2.24, 2.45) is 0 Å². The Hall–Kier alpha value is -1.92. The maximum absolute atomic E-state index is 12.0. The molecular weight excluding hydrogens is 348 g/mol. The molecule has 0 radical (unpaired) electrons. The fourth-order valence-corrected chi connectivity index (χ4v) is 2.16. The van der Waals surface area contributed by atoms with E-state index in [1.807, 2.05) is 0 Å². The highest BCUT2D eigenvalue weighted by Gasteiger charge is 2.11. The molecule has 0 saturated heterocycles. The molecule has 0 aliphatic rings. The lowest BCUT2D eigenvalue weighted by Gasteiger charge is -2.07. The summed E-state index contributed by atoms with van der Waals surface area (Å²) in [7, 11) is 0. The number of halogens is 2. The number of aromatic nitrogens is 1. The zero-order chi connectivity index (χ0) is 14.7. The molecule has 0 aliphatic heterocycles. The summed E-state index contributed by atoms with van der Waals surface area (Å²) in [5.41, 5.74) is 0.562. The number of carboxylic acids is 1. The maximum atomic E-state index is 12.0. The van der Waals surface area contributed by atoms with Crippen molar-refractivity contribution in [3.63, 3.8) is 0 Å². The van der Waals surface area contributed by atoms with Crippen molar-refractivity contribution in [3.8, 4) is 0 Å². The van der Waals surface area contributed by atoms with E-state index in [4.69, 9.17) is 16.7 Å². The van der Waals surface area contributed by atoms with Crippen LogP contribution in [0.1, 0.15) is 20.8 Å². The van der Waals surface area contributed by atoms with Gasteiger partial charge in [0, 0.05) is 21.4 Å². The van der Waals surface area contributed by atoms with Gasteiger partial charge in [0.15, 0.2) is 0 Å². The zero-order valence-electron chi connectivity index (χ0n) is 9.93. The van der Waals surface area contributed by atoms with Gasteiger partial charge in [-0.25, -0.2) is 4.79 Å². The number of pyridine rings is 1. The summed E-state index contributed by atoms with van der Waals surface area (Å²) in [6.45, 7) is 0. The number of carbonyl (C=O) groups excluding carboxylic acids is 1. The fourth-order valence-electron chi connectivity index (χ4n) is 1.51. The van der Waals surface area contributed by atoms with Crippen molar-refractivity contribution >= 4 is 45.1 Å². The SMILES string of the molecule is O=C(O)c1cc(Br)cc(NC(=O)c2cc(Cl)ccn2)c1. The summed E-state index contributed by atoms with van der Waals surface area (Å²) in [4.78, 5) is 26.8. The topological polar surface area (TPSA) is 79.3 Å². The Morgan fingerprint density at radius 1 is 1.25 bits per heavy atom. The second kappa shape index (κ2) is 6.02. The van der Waals surface area contributed by atoms with Crippen LogP contribution in [-0.2, 0) is 0 Å². The number of benzene rings is 1. The standard InChI is InChI=1S/C13H8BrClN2O3/c14-8-3-7(13(19)20)4-10(5-8)17-12(18)11-6-9(15)1-2-16-11/h1-6H,(H,17,18)(H,19,20). The van der Waals surface area contributed by atoms with Crippen LogP contribution < -0.4 is 5.32 Å². The van der Waals surface area contributed by atoms with E-state index in [0.717, 1.165) is 0 Å². The number of carboxylic acid groups (broad SMARTS) is 1. The lowest BCUT2D eigenvalue weighted by Crippen LogP contribution is -2.14. The molecular formula is C13H8BrClN2O3.